The van der Waals surface area contributed by atoms with Crippen LogP contribution >= 0.6 is 0 Å². The third-order valence-corrected chi connectivity index (χ3v) is 3.89. The van der Waals surface area contributed by atoms with Gasteiger partial charge in [0.2, 0.25) is 0 Å². The summed E-state index contributed by atoms with van der Waals surface area (Å²) in [5, 5.41) is 3.26. The molecule has 1 aliphatic rings. The van der Waals surface area contributed by atoms with Crippen molar-refractivity contribution in [3.05, 3.63) is 53.7 Å². The molecule has 1 atom stereocenters. The van der Waals surface area contributed by atoms with Crippen molar-refractivity contribution in [3.8, 4) is 0 Å². The van der Waals surface area contributed by atoms with E-state index in [-0.39, 0.29) is 18.0 Å². The van der Waals surface area contributed by atoms with Gasteiger partial charge in [-0.1, -0.05) is 18.2 Å². The maximum absolute atomic E-state index is 13.1. The van der Waals surface area contributed by atoms with E-state index in [9.17, 15) is 4.79 Å². The zero-order valence-electron chi connectivity index (χ0n) is 13.2. The molecule has 0 aliphatic carbocycles. The number of fused-ring (bicyclic) bond motifs is 1. The largest absolute Gasteiger partial charge is 0.367 e. The first kappa shape index (κ1) is 14.6. The third-order valence-electron chi connectivity index (χ3n) is 3.89. The van der Waals surface area contributed by atoms with Crippen LogP contribution in [-0.4, -0.2) is 23.0 Å². The Morgan fingerprint density at radius 3 is 2.82 bits per heavy atom. The highest BCUT2D eigenvalue weighted by molar-refractivity contribution is 6.10. The fraction of sp³-hybridized carbons (Fsp3) is 0.333. The number of nitrogens with zero attached hydrogens (tertiary/aromatic N) is 2. The van der Waals surface area contributed by atoms with Gasteiger partial charge in [0, 0.05) is 24.0 Å². The molecule has 1 amide bonds. The lowest BCUT2D eigenvalue weighted by Gasteiger charge is -2.24. The van der Waals surface area contributed by atoms with Crippen LogP contribution in [0.25, 0.3) is 0 Å². The molecule has 4 heteroatoms. The Balaban J connectivity index is 1.98. The number of carbonyl (C=O) groups is 1. The van der Waals surface area contributed by atoms with Gasteiger partial charge in [-0.3, -0.25) is 4.79 Å². The molecule has 114 valence electrons. The molecule has 0 saturated heterocycles. The fourth-order valence-electron chi connectivity index (χ4n) is 2.97. The molecular weight excluding hydrogens is 274 g/mol. The van der Waals surface area contributed by atoms with E-state index in [1.54, 1.807) is 6.20 Å². The van der Waals surface area contributed by atoms with E-state index in [1.165, 1.54) is 5.56 Å². The molecule has 0 fully saturated rings. The number of aromatic nitrogens is 1. The summed E-state index contributed by atoms with van der Waals surface area (Å²) >= 11 is 0. The molecule has 4 nitrogen and oxygen atoms in total. The van der Waals surface area contributed by atoms with Crippen molar-refractivity contribution >= 4 is 17.4 Å². The van der Waals surface area contributed by atoms with Gasteiger partial charge in [0.25, 0.3) is 5.91 Å². The first-order valence-electron chi connectivity index (χ1n) is 7.71. The predicted octanol–water partition coefficient (Wildman–Crippen LogP) is 3.49. The predicted molar refractivity (Wildman–Crippen MR) is 89.4 cm³/mol. The van der Waals surface area contributed by atoms with Gasteiger partial charge in [0.15, 0.2) is 0 Å². The lowest BCUT2D eigenvalue weighted by atomic mass is 10.1. The molecule has 1 aliphatic heterocycles. The number of amides is 1. The number of pyridine rings is 1. The van der Waals surface area contributed by atoms with Gasteiger partial charge in [-0.15, -0.1) is 0 Å². The molecule has 22 heavy (non-hydrogen) atoms. The Morgan fingerprint density at radius 2 is 2.05 bits per heavy atom. The number of rotatable bonds is 3. The number of para-hydroxylation sites is 1. The van der Waals surface area contributed by atoms with E-state index in [0.717, 1.165) is 12.1 Å². The summed E-state index contributed by atoms with van der Waals surface area (Å²) in [6.07, 6.45) is 2.61. The highest BCUT2D eigenvalue weighted by Crippen LogP contribution is 2.33. The standard InChI is InChI=1S/C18H21N3O/c1-12(2)20-17-15(8-6-10-19-17)18(22)21-13(3)11-14-7-4-5-9-16(14)21/h4-10,12-13H,11H2,1-3H3,(H,19,20). The molecule has 2 aromatic rings. The van der Waals surface area contributed by atoms with Crippen LogP contribution in [0.5, 0.6) is 0 Å². The van der Waals surface area contributed by atoms with Crippen molar-refractivity contribution in [2.45, 2.75) is 39.3 Å². The van der Waals surface area contributed by atoms with Crippen LogP contribution in [0.15, 0.2) is 42.6 Å². The number of nitrogens with one attached hydrogen (secondary N) is 1. The number of benzene rings is 1. The molecule has 0 bridgehead atoms. The van der Waals surface area contributed by atoms with Gasteiger partial charge < -0.3 is 10.2 Å². The first-order chi connectivity index (χ1) is 10.6. The van der Waals surface area contributed by atoms with Gasteiger partial charge in [-0.2, -0.15) is 0 Å². The summed E-state index contributed by atoms with van der Waals surface area (Å²) in [4.78, 5) is 19.3. The quantitative estimate of drug-likeness (QED) is 0.942. The maximum atomic E-state index is 13.1. The van der Waals surface area contributed by atoms with E-state index in [1.807, 2.05) is 49.1 Å². The summed E-state index contributed by atoms with van der Waals surface area (Å²) in [5.41, 5.74) is 2.87. The Morgan fingerprint density at radius 1 is 1.27 bits per heavy atom. The monoisotopic (exact) mass is 295 g/mol. The van der Waals surface area contributed by atoms with Crippen molar-refractivity contribution in [1.82, 2.24) is 4.98 Å². The molecular formula is C18H21N3O. The summed E-state index contributed by atoms with van der Waals surface area (Å²) in [6, 6.07) is 12.2. The van der Waals surface area contributed by atoms with Crippen molar-refractivity contribution < 1.29 is 4.79 Å². The average molecular weight is 295 g/mol. The van der Waals surface area contributed by atoms with E-state index in [4.69, 9.17) is 0 Å². The Labute approximate surface area is 131 Å². The van der Waals surface area contributed by atoms with Crippen LogP contribution in [0.1, 0.15) is 36.7 Å². The van der Waals surface area contributed by atoms with Gasteiger partial charge in [-0.05, 0) is 51.0 Å². The topological polar surface area (TPSA) is 45.2 Å². The van der Waals surface area contributed by atoms with Crippen LogP contribution in [0.2, 0.25) is 0 Å². The van der Waals surface area contributed by atoms with E-state index in [0.29, 0.717) is 11.4 Å². The second-order valence-corrected chi connectivity index (χ2v) is 6.06. The van der Waals surface area contributed by atoms with E-state index < -0.39 is 0 Å². The van der Waals surface area contributed by atoms with Crippen molar-refractivity contribution in [3.63, 3.8) is 0 Å². The second-order valence-electron chi connectivity index (χ2n) is 6.06. The average Bonchev–Trinajstić information content (AvgIpc) is 2.82. The normalized spacial score (nSPS) is 16.7. The Hall–Kier alpha value is -2.36. The van der Waals surface area contributed by atoms with Gasteiger partial charge in [-0.25, -0.2) is 4.98 Å². The van der Waals surface area contributed by atoms with Crippen LogP contribution in [-0.2, 0) is 6.42 Å². The fourth-order valence-corrected chi connectivity index (χ4v) is 2.97. The number of hydrogen-bond donors (Lipinski definition) is 1. The molecule has 2 heterocycles. The van der Waals surface area contributed by atoms with Crippen LogP contribution < -0.4 is 10.2 Å². The third kappa shape index (κ3) is 2.56. The summed E-state index contributed by atoms with van der Waals surface area (Å²) in [7, 11) is 0. The molecule has 0 saturated carbocycles. The maximum Gasteiger partial charge on any atom is 0.262 e. The Bertz CT molecular complexity index is 696. The minimum atomic E-state index is 0.00806. The van der Waals surface area contributed by atoms with E-state index in [2.05, 4.69) is 23.3 Å². The smallest absolute Gasteiger partial charge is 0.262 e. The molecule has 1 N–H and O–H groups in total. The summed E-state index contributed by atoms with van der Waals surface area (Å²) in [5.74, 6) is 0.660. The highest BCUT2D eigenvalue weighted by atomic mass is 16.2. The molecule has 3 rings (SSSR count). The number of hydrogen-bond acceptors (Lipinski definition) is 3. The van der Waals surface area contributed by atoms with Crippen LogP contribution in [0, 0.1) is 0 Å². The Kier molecular flexibility index (Phi) is 3.84. The zero-order chi connectivity index (χ0) is 15.7. The van der Waals surface area contributed by atoms with Crippen molar-refractivity contribution in [2.24, 2.45) is 0 Å². The SMILES string of the molecule is CC(C)Nc1ncccc1C(=O)N1c2ccccc2CC1C. The van der Waals surface area contributed by atoms with Gasteiger partial charge in [0.05, 0.1) is 5.56 Å². The molecule has 1 unspecified atom stereocenters. The van der Waals surface area contributed by atoms with Crippen molar-refractivity contribution in [2.75, 3.05) is 10.2 Å². The molecule has 0 radical (unpaired) electrons. The van der Waals surface area contributed by atoms with Crippen LogP contribution in [0.4, 0.5) is 11.5 Å². The molecule has 0 spiro atoms. The van der Waals surface area contributed by atoms with Gasteiger partial charge >= 0.3 is 0 Å². The second kappa shape index (κ2) is 5.79. The molecule has 1 aromatic heterocycles. The summed E-state index contributed by atoms with van der Waals surface area (Å²) in [6.45, 7) is 6.16. The number of anilines is 2. The van der Waals surface area contributed by atoms with Gasteiger partial charge in [0.1, 0.15) is 5.82 Å². The van der Waals surface area contributed by atoms with E-state index >= 15 is 0 Å². The highest BCUT2D eigenvalue weighted by Gasteiger charge is 2.32. The minimum Gasteiger partial charge on any atom is -0.367 e. The zero-order valence-corrected chi connectivity index (χ0v) is 13.2. The molecule has 1 aromatic carbocycles. The lowest BCUT2D eigenvalue weighted by Crippen LogP contribution is -2.36. The van der Waals surface area contributed by atoms with Crippen molar-refractivity contribution in [1.29, 1.82) is 0 Å². The number of carbonyl (C=O) groups excluding carboxylic acids is 1. The summed E-state index contributed by atoms with van der Waals surface area (Å²) < 4.78 is 0. The first-order valence-corrected chi connectivity index (χ1v) is 7.71. The minimum absolute atomic E-state index is 0.00806. The lowest BCUT2D eigenvalue weighted by molar-refractivity contribution is 0.0982. The van der Waals surface area contributed by atoms with Crippen LogP contribution in [0.3, 0.4) is 0 Å².